The summed E-state index contributed by atoms with van der Waals surface area (Å²) in [5.41, 5.74) is 11.0. The summed E-state index contributed by atoms with van der Waals surface area (Å²) in [6.45, 7) is 0. The van der Waals surface area contributed by atoms with Gasteiger partial charge in [-0.15, -0.1) is 0 Å². The minimum Gasteiger partial charge on any atom is -0.256 e. The number of aromatic nitrogens is 6. The molecule has 0 aliphatic heterocycles. The molecule has 0 N–H and O–H groups in total. The van der Waals surface area contributed by atoms with Crippen LogP contribution < -0.4 is 0 Å². The molecular weight excluding hydrogens is 516 g/mol. The van der Waals surface area contributed by atoms with E-state index in [1.165, 1.54) is 0 Å². The van der Waals surface area contributed by atoms with Crippen LogP contribution >= 0.6 is 0 Å². The van der Waals surface area contributed by atoms with Crippen molar-refractivity contribution in [3.05, 3.63) is 146 Å². The van der Waals surface area contributed by atoms with E-state index in [0.29, 0.717) is 0 Å². The highest BCUT2D eigenvalue weighted by atomic mass is 14.8. The summed E-state index contributed by atoms with van der Waals surface area (Å²) in [4.78, 5) is 27.8. The van der Waals surface area contributed by atoms with Crippen LogP contribution in [-0.2, 0) is 0 Å². The molecular formula is C36H24N6. The first-order valence-electron chi connectivity index (χ1n) is 13.6. The fourth-order valence-corrected chi connectivity index (χ4v) is 4.95. The highest BCUT2D eigenvalue weighted by molar-refractivity contribution is 5.81. The Hall–Kier alpha value is -5.88. The largest absolute Gasteiger partial charge is 0.256 e. The zero-order valence-electron chi connectivity index (χ0n) is 22.5. The van der Waals surface area contributed by atoms with Crippen molar-refractivity contribution < 1.29 is 0 Å². The number of hydrogen-bond acceptors (Lipinski definition) is 6. The Morgan fingerprint density at radius 2 is 0.548 bits per heavy atom. The molecule has 0 aliphatic rings. The zero-order chi connectivity index (χ0) is 28.1. The molecule has 198 valence electrons. The Morgan fingerprint density at radius 1 is 0.262 bits per heavy atom. The van der Waals surface area contributed by atoms with Gasteiger partial charge in [-0.2, -0.15) is 0 Å². The third-order valence-electron chi connectivity index (χ3n) is 6.97. The van der Waals surface area contributed by atoms with Gasteiger partial charge in [0.25, 0.3) is 0 Å². The van der Waals surface area contributed by atoms with Crippen LogP contribution in [0.3, 0.4) is 0 Å². The van der Waals surface area contributed by atoms with Crippen LogP contribution in [0.15, 0.2) is 146 Å². The molecule has 0 unspecified atom stereocenters. The monoisotopic (exact) mass is 540 g/mol. The molecule has 7 aromatic rings. The van der Waals surface area contributed by atoms with Crippen LogP contribution in [0, 0.1) is 0 Å². The maximum atomic E-state index is 4.69. The lowest BCUT2D eigenvalue weighted by Gasteiger charge is -2.12. The third-order valence-corrected chi connectivity index (χ3v) is 6.97. The number of rotatable bonds is 6. The minimum absolute atomic E-state index is 0.803. The van der Waals surface area contributed by atoms with Crippen molar-refractivity contribution in [2.24, 2.45) is 0 Å². The lowest BCUT2D eigenvalue weighted by Crippen LogP contribution is -1.94. The Labute approximate surface area is 243 Å². The van der Waals surface area contributed by atoms with Gasteiger partial charge in [0.1, 0.15) is 6.33 Å². The Kier molecular flexibility index (Phi) is 6.76. The van der Waals surface area contributed by atoms with Crippen LogP contribution in [0.4, 0.5) is 0 Å². The normalized spacial score (nSPS) is 10.9. The predicted molar refractivity (Wildman–Crippen MR) is 166 cm³/mol. The zero-order valence-corrected chi connectivity index (χ0v) is 22.5. The second-order valence-corrected chi connectivity index (χ2v) is 9.75. The quantitative estimate of drug-likeness (QED) is 0.212. The average Bonchev–Trinajstić information content (AvgIpc) is 3.09. The SMILES string of the molecule is c1ccc(-c2cc(-c3ccccn3)cc(-c3cc(-c4cc(-c5ccccn5)cc(-c5ccccn5)c4)ncn3)c2)nc1. The first-order chi connectivity index (χ1) is 20.8. The molecule has 2 aromatic carbocycles. The van der Waals surface area contributed by atoms with Crippen LogP contribution in [0.25, 0.3) is 67.5 Å². The fraction of sp³-hybridized carbons (Fsp3) is 0. The Bertz CT molecular complexity index is 1710. The molecule has 0 saturated carbocycles. The van der Waals surface area contributed by atoms with Crippen LogP contribution in [0.5, 0.6) is 0 Å². The molecule has 0 aliphatic carbocycles. The maximum Gasteiger partial charge on any atom is 0.116 e. The molecule has 42 heavy (non-hydrogen) atoms. The summed E-state index contributed by atoms with van der Waals surface area (Å²) in [7, 11) is 0. The van der Waals surface area contributed by atoms with E-state index in [1.54, 1.807) is 31.1 Å². The second kappa shape index (κ2) is 11.3. The molecule has 0 fully saturated rings. The van der Waals surface area contributed by atoms with Crippen molar-refractivity contribution in [1.29, 1.82) is 0 Å². The molecule has 7 rings (SSSR count). The average molecular weight is 541 g/mol. The fourth-order valence-electron chi connectivity index (χ4n) is 4.95. The summed E-state index contributed by atoms with van der Waals surface area (Å²) in [5.74, 6) is 0. The van der Waals surface area contributed by atoms with Crippen LogP contribution in [0.1, 0.15) is 0 Å². The van der Waals surface area contributed by atoms with Gasteiger partial charge in [-0.25, -0.2) is 9.97 Å². The molecule has 5 aromatic heterocycles. The van der Waals surface area contributed by atoms with Gasteiger partial charge in [-0.3, -0.25) is 19.9 Å². The maximum absolute atomic E-state index is 4.69. The summed E-state index contributed by atoms with van der Waals surface area (Å²) in [6.07, 6.45) is 8.84. The predicted octanol–water partition coefficient (Wildman–Crippen LogP) is 8.06. The van der Waals surface area contributed by atoms with Crippen molar-refractivity contribution in [1.82, 2.24) is 29.9 Å². The standard InChI is InChI=1S/C36H24N6/c1-5-13-37-31(9-1)25-17-26(32-10-2-6-14-38-32)20-29(19-25)35-23-36(42-24-41-35)30-21-27(33-11-3-7-15-39-33)18-28(22-30)34-12-4-8-16-40-34/h1-24H. The van der Waals surface area contributed by atoms with Gasteiger partial charge in [-0.05, 0) is 91.0 Å². The number of nitrogens with zero attached hydrogens (tertiary/aromatic N) is 6. The first kappa shape index (κ1) is 25.1. The van der Waals surface area contributed by atoms with E-state index < -0.39 is 0 Å². The van der Waals surface area contributed by atoms with Gasteiger partial charge in [0.05, 0.1) is 34.2 Å². The van der Waals surface area contributed by atoms with E-state index >= 15 is 0 Å². The van der Waals surface area contributed by atoms with Gasteiger partial charge < -0.3 is 0 Å². The topological polar surface area (TPSA) is 77.3 Å². The Balaban J connectivity index is 1.37. The molecule has 0 bridgehead atoms. The van der Waals surface area contributed by atoms with Crippen molar-refractivity contribution in [2.75, 3.05) is 0 Å². The summed E-state index contributed by atoms with van der Waals surface area (Å²) >= 11 is 0. The molecule has 0 radical (unpaired) electrons. The summed E-state index contributed by atoms with van der Waals surface area (Å²) in [5, 5.41) is 0. The van der Waals surface area contributed by atoms with Crippen molar-refractivity contribution in [3.8, 4) is 67.5 Å². The van der Waals surface area contributed by atoms with E-state index in [1.807, 2.05) is 78.9 Å². The van der Waals surface area contributed by atoms with E-state index in [9.17, 15) is 0 Å². The van der Waals surface area contributed by atoms with Crippen molar-refractivity contribution in [2.45, 2.75) is 0 Å². The molecule has 5 heterocycles. The number of pyridine rings is 4. The van der Waals surface area contributed by atoms with E-state index in [2.05, 4.69) is 66.3 Å². The minimum atomic E-state index is 0.803. The van der Waals surface area contributed by atoms with Gasteiger partial charge >= 0.3 is 0 Å². The second-order valence-electron chi connectivity index (χ2n) is 9.75. The van der Waals surface area contributed by atoms with E-state index in [4.69, 9.17) is 0 Å². The van der Waals surface area contributed by atoms with Crippen molar-refractivity contribution >= 4 is 0 Å². The number of hydrogen-bond donors (Lipinski definition) is 0. The van der Waals surface area contributed by atoms with Crippen molar-refractivity contribution in [3.63, 3.8) is 0 Å². The third kappa shape index (κ3) is 5.29. The molecule has 0 amide bonds. The smallest absolute Gasteiger partial charge is 0.116 e. The lowest BCUT2D eigenvalue weighted by atomic mass is 9.97. The summed E-state index contributed by atoms with van der Waals surface area (Å²) in [6, 6.07) is 38.4. The highest BCUT2D eigenvalue weighted by Gasteiger charge is 2.13. The summed E-state index contributed by atoms with van der Waals surface area (Å²) < 4.78 is 0. The highest BCUT2D eigenvalue weighted by Crippen LogP contribution is 2.34. The molecule has 0 saturated heterocycles. The van der Waals surface area contributed by atoms with Gasteiger partial charge in [-0.1, -0.05) is 24.3 Å². The van der Waals surface area contributed by atoms with Gasteiger partial charge in [0.15, 0.2) is 0 Å². The Morgan fingerprint density at radius 3 is 0.810 bits per heavy atom. The molecule has 6 nitrogen and oxygen atoms in total. The number of benzene rings is 2. The lowest BCUT2D eigenvalue weighted by molar-refractivity contribution is 1.17. The first-order valence-corrected chi connectivity index (χ1v) is 13.6. The van der Waals surface area contributed by atoms with Gasteiger partial charge in [0.2, 0.25) is 0 Å². The van der Waals surface area contributed by atoms with Gasteiger partial charge in [0, 0.05) is 58.2 Å². The molecule has 0 spiro atoms. The van der Waals surface area contributed by atoms with E-state index in [-0.39, 0.29) is 0 Å². The van der Waals surface area contributed by atoms with Crippen LogP contribution in [-0.4, -0.2) is 29.9 Å². The van der Waals surface area contributed by atoms with E-state index in [0.717, 1.165) is 67.5 Å². The molecule has 6 heteroatoms. The van der Waals surface area contributed by atoms with Crippen LogP contribution in [0.2, 0.25) is 0 Å². The molecule has 0 atom stereocenters.